The summed E-state index contributed by atoms with van der Waals surface area (Å²) in [6.07, 6.45) is 0. The predicted octanol–water partition coefficient (Wildman–Crippen LogP) is 19.4. The summed E-state index contributed by atoms with van der Waals surface area (Å²) in [5, 5.41) is 13.4. The highest BCUT2D eigenvalue weighted by atomic mass is 15.1. The van der Waals surface area contributed by atoms with Crippen LogP contribution in [0.3, 0.4) is 0 Å². The van der Waals surface area contributed by atoms with Gasteiger partial charge in [0.25, 0.3) is 0 Å². The number of aromatic nitrogens is 2. The minimum atomic E-state index is -0.555. The SMILES string of the molecule is c1ccc(-n2c3ccccc3c3c4c(ccc32)c(-c2ccc(N(c3ccc5c(c3)C(c3ccccc3)(c3ccccc3)c3ccccc3-5)c3ccc5c6ccccc6c6ccccc6c5c3)cc2)nc2ccccc24)cc1. The Hall–Kier alpha value is -10.1. The van der Waals surface area contributed by atoms with Gasteiger partial charge in [-0.15, -0.1) is 0 Å². The smallest absolute Gasteiger partial charge is 0.0788 e. The van der Waals surface area contributed by atoms with Crippen molar-refractivity contribution < 1.29 is 0 Å². The highest BCUT2D eigenvalue weighted by molar-refractivity contribution is 6.30. The largest absolute Gasteiger partial charge is 0.310 e. The van der Waals surface area contributed by atoms with Gasteiger partial charge in [-0.25, -0.2) is 4.98 Å². The first-order chi connectivity index (χ1) is 38.2. The molecule has 15 aromatic rings. The molecule has 0 amide bonds. The first-order valence-electron chi connectivity index (χ1n) is 26.6. The van der Waals surface area contributed by atoms with Crippen LogP contribution in [-0.2, 0) is 5.41 Å². The van der Waals surface area contributed by atoms with Gasteiger partial charge in [-0.1, -0.05) is 218 Å². The van der Waals surface area contributed by atoms with Crippen molar-refractivity contribution >= 4 is 92.9 Å². The van der Waals surface area contributed by atoms with E-state index in [1.165, 1.54) is 92.9 Å². The van der Waals surface area contributed by atoms with Crippen molar-refractivity contribution in [1.82, 2.24) is 9.55 Å². The number of anilines is 3. The minimum absolute atomic E-state index is 0.555. The third kappa shape index (κ3) is 6.35. The van der Waals surface area contributed by atoms with Crippen LogP contribution in [0.5, 0.6) is 0 Å². The van der Waals surface area contributed by atoms with E-state index in [1.54, 1.807) is 0 Å². The van der Waals surface area contributed by atoms with E-state index >= 15 is 0 Å². The fourth-order valence-electron chi connectivity index (χ4n) is 13.4. The highest BCUT2D eigenvalue weighted by Gasteiger charge is 2.46. The van der Waals surface area contributed by atoms with Gasteiger partial charge in [-0.3, -0.25) is 0 Å². The Morgan fingerprint density at radius 2 is 0.818 bits per heavy atom. The third-order valence-electron chi connectivity index (χ3n) is 16.6. The summed E-state index contributed by atoms with van der Waals surface area (Å²) in [6, 6.07) is 105. The van der Waals surface area contributed by atoms with Gasteiger partial charge >= 0.3 is 0 Å². The number of hydrogen-bond acceptors (Lipinski definition) is 2. The van der Waals surface area contributed by atoms with Crippen molar-refractivity contribution in [2.45, 2.75) is 5.41 Å². The Balaban J connectivity index is 0.933. The Morgan fingerprint density at radius 1 is 0.312 bits per heavy atom. The molecule has 0 saturated heterocycles. The molecule has 16 rings (SSSR count). The molecule has 0 saturated carbocycles. The van der Waals surface area contributed by atoms with E-state index in [2.05, 4.69) is 295 Å². The number of benzene rings is 13. The van der Waals surface area contributed by atoms with Crippen molar-refractivity contribution in [2.24, 2.45) is 0 Å². The summed E-state index contributed by atoms with van der Waals surface area (Å²) >= 11 is 0. The van der Waals surface area contributed by atoms with Crippen LogP contribution >= 0.6 is 0 Å². The van der Waals surface area contributed by atoms with E-state index in [0.717, 1.165) is 50.3 Å². The molecule has 0 N–H and O–H groups in total. The fourth-order valence-corrected chi connectivity index (χ4v) is 13.4. The Kier molecular flexibility index (Phi) is 9.55. The number of pyridine rings is 1. The van der Waals surface area contributed by atoms with Crippen molar-refractivity contribution in [2.75, 3.05) is 4.90 Å². The monoisotopic (exact) mass is 977 g/mol. The van der Waals surface area contributed by atoms with Crippen LogP contribution in [0.15, 0.2) is 285 Å². The van der Waals surface area contributed by atoms with Gasteiger partial charge in [0.05, 0.1) is 27.7 Å². The molecule has 0 radical (unpaired) electrons. The Labute approximate surface area is 445 Å². The molecule has 13 aromatic carbocycles. The maximum Gasteiger partial charge on any atom is 0.0788 e. The lowest BCUT2D eigenvalue weighted by atomic mass is 9.67. The van der Waals surface area contributed by atoms with E-state index in [1.807, 2.05) is 0 Å². The molecule has 3 heteroatoms. The molecule has 77 heavy (non-hydrogen) atoms. The van der Waals surface area contributed by atoms with Crippen molar-refractivity contribution in [3.8, 4) is 28.1 Å². The topological polar surface area (TPSA) is 21.1 Å². The molecule has 0 spiro atoms. The van der Waals surface area contributed by atoms with Gasteiger partial charge in [-0.2, -0.15) is 0 Å². The van der Waals surface area contributed by atoms with Gasteiger partial charge in [0.1, 0.15) is 0 Å². The second-order valence-electron chi connectivity index (χ2n) is 20.5. The maximum atomic E-state index is 5.52. The lowest BCUT2D eigenvalue weighted by Gasteiger charge is -2.35. The van der Waals surface area contributed by atoms with Gasteiger partial charge in [0.2, 0.25) is 0 Å². The first kappa shape index (κ1) is 43.3. The summed E-state index contributed by atoms with van der Waals surface area (Å²) in [7, 11) is 0. The van der Waals surface area contributed by atoms with Crippen LogP contribution in [0, 0.1) is 0 Å². The molecule has 3 nitrogen and oxygen atoms in total. The average Bonchev–Trinajstić information content (AvgIpc) is 4.12. The second kappa shape index (κ2) is 17.0. The van der Waals surface area contributed by atoms with Gasteiger partial charge in [-0.05, 0) is 132 Å². The number of nitrogens with zero attached hydrogens (tertiary/aromatic N) is 3. The molecule has 358 valence electrons. The lowest BCUT2D eigenvalue weighted by molar-refractivity contribution is 0.768. The van der Waals surface area contributed by atoms with Crippen LogP contribution in [0.25, 0.3) is 104 Å². The average molecular weight is 978 g/mol. The highest BCUT2D eigenvalue weighted by Crippen LogP contribution is 2.57. The van der Waals surface area contributed by atoms with Gasteiger partial charge in [0, 0.05) is 55.2 Å². The van der Waals surface area contributed by atoms with Crippen molar-refractivity contribution in [1.29, 1.82) is 0 Å². The Bertz CT molecular complexity index is 4770. The molecule has 1 aliphatic carbocycles. The summed E-state index contributed by atoms with van der Waals surface area (Å²) in [6.45, 7) is 0. The molecule has 2 aromatic heterocycles. The van der Waals surface area contributed by atoms with E-state index in [9.17, 15) is 0 Å². The first-order valence-corrected chi connectivity index (χ1v) is 26.6. The standard InChI is InChI=1S/C74H47N3/c1-4-20-49(21-5-1)74(50-22-6-2-7-23-50)66-33-17-14-30-60(66)61-43-41-54(47-67(61)74)76(53-40-42-59-57-28-11-10-26-55(57)56-27-12-13-29-58(56)65(59)46-53)52-38-36-48(37-39-52)73-64-44-45-70-72(71(64)62-31-15-18-34-68(62)75-73)63-32-16-19-35-69(63)77(70)51-24-8-3-9-25-51/h1-47H. The minimum Gasteiger partial charge on any atom is -0.310 e. The van der Waals surface area contributed by atoms with Crippen LogP contribution < -0.4 is 4.90 Å². The molecule has 0 bridgehead atoms. The molecule has 0 atom stereocenters. The summed E-state index contributed by atoms with van der Waals surface area (Å²) in [4.78, 5) is 7.98. The molecular formula is C74H47N3. The maximum absolute atomic E-state index is 5.52. The lowest BCUT2D eigenvalue weighted by Crippen LogP contribution is -2.28. The van der Waals surface area contributed by atoms with Crippen molar-refractivity contribution in [3.63, 3.8) is 0 Å². The third-order valence-corrected chi connectivity index (χ3v) is 16.6. The Morgan fingerprint density at radius 3 is 1.52 bits per heavy atom. The van der Waals surface area contributed by atoms with E-state index in [0.29, 0.717) is 0 Å². The van der Waals surface area contributed by atoms with E-state index in [4.69, 9.17) is 4.98 Å². The molecular weight excluding hydrogens is 931 g/mol. The van der Waals surface area contributed by atoms with Gasteiger partial charge < -0.3 is 9.47 Å². The van der Waals surface area contributed by atoms with Crippen LogP contribution in [-0.4, -0.2) is 9.55 Å². The number of rotatable bonds is 7. The zero-order valence-corrected chi connectivity index (χ0v) is 42.0. The zero-order valence-electron chi connectivity index (χ0n) is 42.0. The zero-order chi connectivity index (χ0) is 50.6. The van der Waals surface area contributed by atoms with Crippen molar-refractivity contribution in [3.05, 3.63) is 307 Å². The quantitative estimate of drug-likeness (QED) is 0.148. The van der Waals surface area contributed by atoms with Gasteiger partial charge in [0.15, 0.2) is 0 Å². The van der Waals surface area contributed by atoms with Crippen LogP contribution in [0.4, 0.5) is 17.1 Å². The summed E-state index contributed by atoms with van der Waals surface area (Å²) < 4.78 is 2.40. The summed E-state index contributed by atoms with van der Waals surface area (Å²) in [5.74, 6) is 0. The summed E-state index contributed by atoms with van der Waals surface area (Å²) in [5.41, 5.74) is 16.7. The number of fused-ring (bicyclic) bond motifs is 16. The van der Waals surface area contributed by atoms with E-state index < -0.39 is 5.41 Å². The second-order valence-corrected chi connectivity index (χ2v) is 20.5. The predicted molar refractivity (Wildman–Crippen MR) is 324 cm³/mol. The molecule has 2 heterocycles. The molecule has 0 fully saturated rings. The number of hydrogen-bond donors (Lipinski definition) is 0. The molecule has 0 aliphatic heterocycles. The normalized spacial score (nSPS) is 12.8. The number of para-hydroxylation sites is 3. The van der Waals surface area contributed by atoms with Crippen LogP contribution in [0.1, 0.15) is 22.3 Å². The molecule has 1 aliphatic rings. The van der Waals surface area contributed by atoms with E-state index in [-0.39, 0.29) is 0 Å². The molecule has 0 unspecified atom stereocenters. The fraction of sp³-hybridized carbons (Fsp3) is 0.0135. The van der Waals surface area contributed by atoms with Crippen LogP contribution in [0.2, 0.25) is 0 Å².